The van der Waals surface area contributed by atoms with Crippen LogP contribution in [0.25, 0.3) is 11.2 Å². The lowest BCUT2D eigenvalue weighted by Crippen LogP contribution is -2.23. The summed E-state index contributed by atoms with van der Waals surface area (Å²) >= 11 is 0. The van der Waals surface area contributed by atoms with Crippen molar-refractivity contribution in [2.24, 2.45) is 7.05 Å². The number of hydrogen-bond donors (Lipinski definition) is 1. The van der Waals surface area contributed by atoms with Gasteiger partial charge in [0.15, 0.2) is 11.5 Å². The summed E-state index contributed by atoms with van der Waals surface area (Å²) in [7, 11) is 1.98. The van der Waals surface area contributed by atoms with E-state index in [4.69, 9.17) is 0 Å². The largest absolute Gasteiger partial charge is 0.365 e. The highest BCUT2D eigenvalue weighted by Crippen LogP contribution is 2.23. The molecule has 2 aromatic heterocycles. The number of anilines is 1. The van der Waals surface area contributed by atoms with Crippen molar-refractivity contribution in [2.45, 2.75) is 38.1 Å². The Morgan fingerprint density at radius 2 is 2.00 bits per heavy atom. The van der Waals surface area contributed by atoms with Gasteiger partial charge in [-0.2, -0.15) is 0 Å². The Bertz CT molecular complexity index is 513. The van der Waals surface area contributed by atoms with E-state index in [1.54, 1.807) is 12.7 Å². The summed E-state index contributed by atoms with van der Waals surface area (Å²) < 4.78 is 1.97. The average Bonchev–Trinajstić information content (AvgIpc) is 2.74. The second kappa shape index (κ2) is 4.31. The predicted octanol–water partition coefficient (Wildman–Crippen LogP) is 2.11. The molecule has 0 aliphatic heterocycles. The van der Waals surface area contributed by atoms with Gasteiger partial charge in [0.2, 0.25) is 0 Å². The molecule has 90 valence electrons. The second-order valence-corrected chi connectivity index (χ2v) is 4.73. The van der Waals surface area contributed by atoms with E-state index in [-0.39, 0.29) is 0 Å². The van der Waals surface area contributed by atoms with Crippen molar-refractivity contribution in [3.8, 4) is 0 Å². The highest BCUT2D eigenvalue weighted by molar-refractivity contribution is 5.82. The van der Waals surface area contributed by atoms with Crippen molar-refractivity contribution in [1.29, 1.82) is 0 Å². The van der Waals surface area contributed by atoms with Gasteiger partial charge in [-0.3, -0.25) is 0 Å². The molecule has 1 aliphatic carbocycles. The van der Waals surface area contributed by atoms with Crippen molar-refractivity contribution in [2.75, 3.05) is 5.32 Å². The quantitative estimate of drug-likeness (QED) is 0.860. The zero-order valence-electron chi connectivity index (χ0n) is 10.1. The molecule has 0 radical (unpaired) electrons. The van der Waals surface area contributed by atoms with E-state index in [1.165, 1.54) is 32.1 Å². The Kier molecular flexibility index (Phi) is 2.66. The van der Waals surface area contributed by atoms with E-state index in [9.17, 15) is 0 Å². The Morgan fingerprint density at radius 1 is 1.18 bits per heavy atom. The van der Waals surface area contributed by atoms with Crippen molar-refractivity contribution in [1.82, 2.24) is 19.5 Å². The van der Waals surface area contributed by atoms with Crippen LogP contribution in [0.3, 0.4) is 0 Å². The monoisotopic (exact) mass is 231 g/mol. The third-order valence-electron chi connectivity index (χ3n) is 3.45. The van der Waals surface area contributed by atoms with Gasteiger partial charge in [-0.15, -0.1) is 0 Å². The van der Waals surface area contributed by atoms with Crippen LogP contribution in [0.4, 0.5) is 5.82 Å². The van der Waals surface area contributed by atoms with Crippen LogP contribution < -0.4 is 5.32 Å². The summed E-state index contributed by atoms with van der Waals surface area (Å²) in [4.78, 5) is 12.8. The molecule has 5 heteroatoms. The van der Waals surface area contributed by atoms with E-state index >= 15 is 0 Å². The molecular formula is C12H17N5. The van der Waals surface area contributed by atoms with Gasteiger partial charge in [-0.05, 0) is 12.8 Å². The Morgan fingerprint density at radius 3 is 2.82 bits per heavy atom. The normalized spacial score (nSPS) is 17.5. The first-order valence-corrected chi connectivity index (χ1v) is 6.23. The zero-order chi connectivity index (χ0) is 11.7. The summed E-state index contributed by atoms with van der Waals surface area (Å²) in [6.45, 7) is 0. The van der Waals surface area contributed by atoms with Gasteiger partial charge < -0.3 is 9.88 Å². The molecule has 0 bridgehead atoms. The van der Waals surface area contributed by atoms with Gasteiger partial charge in [0.1, 0.15) is 11.8 Å². The third-order valence-corrected chi connectivity index (χ3v) is 3.45. The average molecular weight is 231 g/mol. The van der Waals surface area contributed by atoms with Gasteiger partial charge in [0.05, 0.1) is 6.33 Å². The van der Waals surface area contributed by atoms with E-state index in [2.05, 4.69) is 20.3 Å². The van der Waals surface area contributed by atoms with Crippen LogP contribution in [-0.4, -0.2) is 25.6 Å². The van der Waals surface area contributed by atoms with Crippen molar-refractivity contribution >= 4 is 17.0 Å². The fourth-order valence-electron chi connectivity index (χ4n) is 2.53. The van der Waals surface area contributed by atoms with Crippen LogP contribution in [0.2, 0.25) is 0 Å². The second-order valence-electron chi connectivity index (χ2n) is 4.73. The standard InChI is InChI=1S/C12H17N5/c1-17-8-15-11-10(17)12(14-7-13-11)16-9-5-3-2-4-6-9/h7-9H,2-6H2,1H3,(H,13,14,16). The van der Waals surface area contributed by atoms with Gasteiger partial charge in [-0.1, -0.05) is 19.3 Å². The SMILES string of the molecule is Cn1cnc2ncnc(NC3CCCCC3)c21. The number of imidazole rings is 1. The first-order chi connectivity index (χ1) is 8.34. The zero-order valence-corrected chi connectivity index (χ0v) is 10.1. The van der Waals surface area contributed by atoms with Crippen molar-refractivity contribution < 1.29 is 0 Å². The molecule has 0 saturated heterocycles. The maximum Gasteiger partial charge on any atom is 0.182 e. The molecule has 0 atom stereocenters. The lowest BCUT2D eigenvalue weighted by atomic mass is 9.95. The minimum atomic E-state index is 0.553. The van der Waals surface area contributed by atoms with Gasteiger partial charge in [0, 0.05) is 13.1 Å². The molecule has 1 aliphatic rings. The van der Waals surface area contributed by atoms with E-state index in [1.807, 2.05) is 11.6 Å². The summed E-state index contributed by atoms with van der Waals surface area (Å²) in [5, 5.41) is 3.54. The molecule has 0 aromatic carbocycles. The van der Waals surface area contributed by atoms with Gasteiger partial charge in [0.25, 0.3) is 0 Å². The molecule has 1 saturated carbocycles. The third kappa shape index (κ3) is 1.97. The van der Waals surface area contributed by atoms with Crippen molar-refractivity contribution in [3.63, 3.8) is 0 Å². The minimum Gasteiger partial charge on any atom is -0.365 e. The van der Waals surface area contributed by atoms with E-state index in [0.29, 0.717) is 6.04 Å². The number of nitrogens with one attached hydrogen (secondary N) is 1. The molecule has 0 spiro atoms. The molecule has 17 heavy (non-hydrogen) atoms. The highest BCUT2D eigenvalue weighted by atomic mass is 15.1. The van der Waals surface area contributed by atoms with Crippen LogP contribution in [-0.2, 0) is 7.05 Å². The van der Waals surface area contributed by atoms with Gasteiger partial charge in [-0.25, -0.2) is 15.0 Å². The smallest absolute Gasteiger partial charge is 0.182 e. The number of hydrogen-bond acceptors (Lipinski definition) is 4. The number of aryl methyl sites for hydroxylation is 1. The molecule has 2 heterocycles. The molecule has 0 unspecified atom stereocenters. The summed E-state index contributed by atoms with van der Waals surface area (Å²) in [5.41, 5.74) is 1.76. The number of fused-ring (bicyclic) bond motifs is 1. The first kappa shape index (κ1) is 10.5. The van der Waals surface area contributed by atoms with Crippen LogP contribution in [0.15, 0.2) is 12.7 Å². The van der Waals surface area contributed by atoms with Crippen LogP contribution in [0.1, 0.15) is 32.1 Å². The van der Waals surface area contributed by atoms with Crippen molar-refractivity contribution in [3.05, 3.63) is 12.7 Å². The summed E-state index contributed by atoms with van der Waals surface area (Å²) in [5.74, 6) is 0.918. The Balaban J connectivity index is 1.91. The molecule has 2 aromatic rings. The molecule has 3 rings (SSSR count). The summed E-state index contributed by atoms with van der Waals surface area (Å²) in [6.07, 6.45) is 9.84. The summed E-state index contributed by atoms with van der Waals surface area (Å²) in [6, 6.07) is 0.553. The fraction of sp³-hybridized carbons (Fsp3) is 0.583. The predicted molar refractivity (Wildman–Crippen MR) is 66.8 cm³/mol. The molecule has 0 amide bonds. The topological polar surface area (TPSA) is 55.6 Å². The van der Waals surface area contributed by atoms with Crippen LogP contribution in [0, 0.1) is 0 Å². The Labute approximate surface area is 100 Å². The highest BCUT2D eigenvalue weighted by Gasteiger charge is 2.16. The first-order valence-electron chi connectivity index (χ1n) is 6.23. The van der Waals surface area contributed by atoms with Crippen LogP contribution >= 0.6 is 0 Å². The number of nitrogens with zero attached hydrogens (tertiary/aromatic N) is 4. The minimum absolute atomic E-state index is 0.553. The lowest BCUT2D eigenvalue weighted by molar-refractivity contribution is 0.462. The maximum atomic E-state index is 4.35. The van der Waals surface area contributed by atoms with E-state index in [0.717, 1.165) is 17.0 Å². The maximum absolute atomic E-state index is 4.35. The van der Waals surface area contributed by atoms with Gasteiger partial charge >= 0.3 is 0 Å². The van der Waals surface area contributed by atoms with Crippen LogP contribution in [0.5, 0.6) is 0 Å². The molecule has 5 nitrogen and oxygen atoms in total. The molecular weight excluding hydrogens is 214 g/mol. The Hall–Kier alpha value is -1.65. The van der Waals surface area contributed by atoms with E-state index < -0.39 is 0 Å². The number of aromatic nitrogens is 4. The number of rotatable bonds is 2. The molecule has 1 N–H and O–H groups in total. The fourth-order valence-corrected chi connectivity index (χ4v) is 2.53. The lowest BCUT2D eigenvalue weighted by Gasteiger charge is -2.23. The molecule has 1 fully saturated rings.